The van der Waals surface area contributed by atoms with Crippen molar-refractivity contribution in [2.75, 3.05) is 25.0 Å². The summed E-state index contributed by atoms with van der Waals surface area (Å²) >= 11 is 5.61. The minimum atomic E-state index is -0.502. The molecular weight excluding hydrogens is 269 g/mol. The molecule has 1 N–H and O–H groups in total. The van der Waals surface area contributed by atoms with Crippen LogP contribution in [-0.2, 0) is 4.79 Å². The molecule has 0 radical (unpaired) electrons. The van der Waals surface area contributed by atoms with Gasteiger partial charge in [0.1, 0.15) is 0 Å². The third-order valence-electron chi connectivity index (χ3n) is 3.15. The number of carbonyl (C=O) groups is 1. The number of hydrogen-bond donors (Lipinski definition) is 1. The Morgan fingerprint density at radius 3 is 2.84 bits per heavy atom. The largest absolute Gasteiger partial charge is 0.367 e. The van der Waals surface area contributed by atoms with Gasteiger partial charge in [-0.3, -0.25) is 4.79 Å². The number of nitrogens with zero attached hydrogens (tertiary/aromatic N) is 2. The minimum absolute atomic E-state index is 0.113. The van der Waals surface area contributed by atoms with Crippen LogP contribution >= 0.6 is 11.6 Å². The molecule has 0 unspecified atom stereocenters. The topological polar surface area (TPSA) is 45.2 Å². The average Bonchev–Trinajstić information content (AvgIpc) is 2.42. The fraction of sp³-hybridized carbons (Fsp3) is 0.538. The van der Waals surface area contributed by atoms with Gasteiger partial charge in [0.05, 0.1) is 5.02 Å². The van der Waals surface area contributed by atoms with Crippen molar-refractivity contribution in [3.05, 3.63) is 23.1 Å². The maximum Gasteiger partial charge on any atom is 0.224 e. The van der Waals surface area contributed by atoms with E-state index in [4.69, 9.17) is 11.6 Å². The molecule has 0 saturated carbocycles. The number of carbonyl (C=O) groups excluding carboxylic acids is 1. The first-order chi connectivity index (χ1) is 9.16. The number of piperidine rings is 1. The monoisotopic (exact) mass is 285 g/mol. The van der Waals surface area contributed by atoms with E-state index in [1.54, 1.807) is 0 Å². The first kappa shape index (κ1) is 14.1. The van der Waals surface area contributed by atoms with E-state index in [0.29, 0.717) is 13.0 Å². The van der Waals surface area contributed by atoms with Crippen molar-refractivity contribution in [2.45, 2.75) is 25.7 Å². The lowest BCUT2D eigenvalue weighted by Crippen LogP contribution is -2.36. The highest BCUT2D eigenvalue weighted by Gasteiger charge is 2.16. The Morgan fingerprint density at radius 2 is 2.16 bits per heavy atom. The molecule has 1 aliphatic rings. The predicted molar refractivity (Wildman–Crippen MR) is 72.7 cm³/mol. The van der Waals surface area contributed by atoms with Crippen LogP contribution in [0.4, 0.5) is 10.2 Å². The van der Waals surface area contributed by atoms with E-state index in [1.165, 1.54) is 18.7 Å². The molecule has 1 saturated heterocycles. The van der Waals surface area contributed by atoms with Gasteiger partial charge in [-0.2, -0.15) is 0 Å². The third kappa shape index (κ3) is 4.06. The average molecular weight is 286 g/mol. The number of aromatic nitrogens is 1. The zero-order valence-corrected chi connectivity index (χ0v) is 11.4. The molecule has 1 aromatic heterocycles. The molecular formula is C13H17ClFN3O. The molecule has 2 rings (SSSR count). The molecule has 0 aliphatic carbocycles. The summed E-state index contributed by atoms with van der Waals surface area (Å²) in [5, 5.41) is 3.07. The van der Waals surface area contributed by atoms with Gasteiger partial charge in [0, 0.05) is 32.3 Å². The van der Waals surface area contributed by atoms with E-state index in [2.05, 4.69) is 10.3 Å². The molecule has 1 aromatic rings. The predicted octanol–water partition coefficient (Wildman–Crippen LogP) is 2.69. The van der Waals surface area contributed by atoms with Gasteiger partial charge in [0.15, 0.2) is 11.6 Å². The summed E-state index contributed by atoms with van der Waals surface area (Å²) in [6, 6.07) is 1.20. The van der Waals surface area contributed by atoms with Crippen molar-refractivity contribution >= 4 is 23.3 Å². The summed E-state index contributed by atoms with van der Waals surface area (Å²) in [5.74, 6) is -0.254. The van der Waals surface area contributed by atoms with Crippen molar-refractivity contribution in [3.8, 4) is 0 Å². The van der Waals surface area contributed by atoms with Crippen LogP contribution in [0, 0.1) is 5.82 Å². The zero-order chi connectivity index (χ0) is 13.7. The second-order valence-electron chi connectivity index (χ2n) is 4.60. The first-order valence-corrected chi connectivity index (χ1v) is 6.87. The van der Waals surface area contributed by atoms with Crippen molar-refractivity contribution in [3.63, 3.8) is 0 Å². The second kappa shape index (κ2) is 6.70. The number of halogens is 2. The summed E-state index contributed by atoms with van der Waals surface area (Å²) < 4.78 is 13.4. The van der Waals surface area contributed by atoms with Crippen LogP contribution in [0.2, 0.25) is 5.02 Å². The third-order valence-corrected chi connectivity index (χ3v) is 3.35. The lowest BCUT2D eigenvalue weighted by molar-refractivity contribution is -0.131. The van der Waals surface area contributed by atoms with Gasteiger partial charge in [-0.25, -0.2) is 9.37 Å². The highest BCUT2D eigenvalue weighted by atomic mass is 35.5. The Kier molecular flexibility index (Phi) is 4.96. The van der Waals surface area contributed by atoms with E-state index in [1.807, 2.05) is 4.90 Å². The molecule has 1 amide bonds. The Balaban J connectivity index is 1.78. The van der Waals surface area contributed by atoms with Crippen LogP contribution < -0.4 is 5.32 Å². The molecule has 6 heteroatoms. The van der Waals surface area contributed by atoms with Crippen LogP contribution in [0.15, 0.2) is 12.3 Å². The normalized spacial score (nSPS) is 15.4. The lowest BCUT2D eigenvalue weighted by Gasteiger charge is -2.26. The van der Waals surface area contributed by atoms with Crippen LogP contribution in [0.5, 0.6) is 0 Å². The highest BCUT2D eigenvalue weighted by molar-refractivity contribution is 6.30. The van der Waals surface area contributed by atoms with Crippen LogP contribution in [0.3, 0.4) is 0 Å². The van der Waals surface area contributed by atoms with Crippen molar-refractivity contribution in [2.24, 2.45) is 0 Å². The SMILES string of the molecule is O=C(CCNc1ncc(Cl)cc1F)N1CCCCC1. The zero-order valence-electron chi connectivity index (χ0n) is 10.7. The smallest absolute Gasteiger partial charge is 0.224 e. The molecule has 1 aliphatic heterocycles. The summed E-state index contributed by atoms with van der Waals surface area (Å²) in [7, 11) is 0. The number of likely N-dealkylation sites (tertiary alicyclic amines) is 1. The summed E-state index contributed by atoms with van der Waals surface area (Å²) in [6.07, 6.45) is 5.07. The van der Waals surface area contributed by atoms with Crippen molar-refractivity contribution in [1.82, 2.24) is 9.88 Å². The Labute approximate surface area is 117 Å². The summed E-state index contributed by atoms with van der Waals surface area (Å²) in [6.45, 7) is 2.06. The number of hydrogen-bond acceptors (Lipinski definition) is 3. The fourth-order valence-electron chi connectivity index (χ4n) is 2.13. The molecule has 0 aromatic carbocycles. The van der Waals surface area contributed by atoms with Gasteiger partial charge in [0.25, 0.3) is 0 Å². The van der Waals surface area contributed by atoms with Gasteiger partial charge in [-0.05, 0) is 25.3 Å². The fourth-order valence-corrected chi connectivity index (χ4v) is 2.28. The second-order valence-corrected chi connectivity index (χ2v) is 5.04. The highest BCUT2D eigenvalue weighted by Crippen LogP contribution is 2.15. The van der Waals surface area contributed by atoms with Gasteiger partial charge in [-0.15, -0.1) is 0 Å². The molecule has 0 bridgehead atoms. The van der Waals surface area contributed by atoms with E-state index in [0.717, 1.165) is 25.9 Å². The van der Waals surface area contributed by atoms with Crippen LogP contribution in [-0.4, -0.2) is 35.4 Å². The van der Waals surface area contributed by atoms with Gasteiger partial charge >= 0.3 is 0 Å². The van der Waals surface area contributed by atoms with Gasteiger partial charge in [-0.1, -0.05) is 11.6 Å². The lowest BCUT2D eigenvalue weighted by atomic mass is 10.1. The first-order valence-electron chi connectivity index (χ1n) is 6.49. The van der Waals surface area contributed by atoms with Gasteiger partial charge in [0.2, 0.25) is 5.91 Å². The number of amides is 1. The van der Waals surface area contributed by atoms with Crippen LogP contribution in [0.1, 0.15) is 25.7 Å². The molecule has 1 fully saturated rings. The molecule has 0 spiro atoms. The van der Waals surface area contributed by atoms with E-state index in [9.17, 15) is 9.18 Å². The Hall–Kier alpha value is -1.36. The molecule has 4 nitrogen and oxygen atoms in total. The van der Waals surface area contributed by atoms with E-state index >= 15 is 0 Å². The quantitative estimate of drug-likeness (QED) is 0.925. The van der Waals surface area contributed by atoms with Crippen LogP contribution in [0.25, 0.3) is 0 Å². The number of rotatable bonds is 4. The van der Waals surface area contributed by atoms with Crippen molar-refractivity contribution < 1.29 is 9.18 Å². The summed E-state index contributed by atoms with van der Waals surface area (Å²) in [5.41, 5.74) is 0. The van der Waals surface area contributed by atoms with E-state index in [-0.39, 0.29) is 16.7 Å². The van der Waals surface area contributed by atoms with Gasteiger partial charge < -0.3 is 10.2 Å². The van der Waals surface area contributed by atoms with E-state index < -0.39 is 5.82 Å². The summed E-state index contributed by atoms with van der Waals surface area (Å²) in [4.78, 5) is 17.6. The Morgan fingerprint density at radius 1 is 1.42 bits per heavy atom. The standard InChI is InChI=1S/C13H17ClFN3O/c14-10-8-11(15)13(17-9-10)16-5-4-12(19)18-6-2-1-3-7-18/h8-9H,1-7H2,(H,16,17). The maximum atomic E-state index is 13.4. The molecule has 0 atom stereocenters. The molecule has 2 heterocycles. The maximum absolute atomic E-state index is 13.4. The number of pyridine rings is 1. The molecule has 19 heavy (non-hydrogen) atoms. The number of anilines is 1. The van der Waals surface area contributed by atoms with Crippen molar-refractivity contribution in [1.29, 1.82) is 0 Å². The Bertz CT molecular complexity index is 450. The minimum Gasteiger partial charge on any atom is -0.367 e. The number of nitrogens with one attached hydrogen (secondary N) is 1. The molecule has 104 valence electrons.